The molecule has 0 heterocycles. The Kier molecular flexibility index (Phi) is 4.24. The maximum Gasteiger partial charge on any atom is 0.130 e. The van der Waals surface area contributed by atoms with Gasteiger partial charge in [-0.1, -0.05) is 47.5 Å². The molecule has 2 aromatic carbocycles. The van der Waals surface area contributed by atoms with Crippen LogP contribution in [0.3, 0.4) is 0 Å². The third-order valence-corrected chi connectivity index (χ3v) is 4.37. The zero-order chi connectivity index (χ0) is 16.4. The van der Waals surface area contributed by atoms with E-state index in [1.165, 1.54) is 27.9 Å². The minimum absolute atomic E-state index is 0.849. The largest absolute Gasteiger partial charge is 0.496 e. The minimum Gasteiger partial charge on any atom is -0.496 e. The molecule has 0 N–H and O–H groups in total. The molecule has 0 unspecified atom stereocenters. The van der Waals surface area contributed by atoms with Crippen molar-refractivity contribution in [3.8, 4) is 11.5 Å². The molecule has 0 saturated heterocycles. The van der Waals surface area contributed by atoms with E-state index >= 15 is 0 Å². The molecule has 118 valence electrons. The maximum atomic E-state index is 5.63. The van der Waals surface area contributed by atoms with E-state index in [-0.39, 0.29) is 0 Å². The summed E-state index contributed by atoms with van der Waals surface area (Å²) in [4.78, 5) is 0. The van der Waals surface area contributed by atoms with E-state index in [1.807, 2.05) is 24.3 Å². The molecule has 0 aliphatic heterocycles. The number of allylic oxidation sites excluding steroid dienone is 4. The second-order valence-corrected chi connectivity index (χ2v) is 5.89. The third-order valence-electron chi connectivity index (χ3n) is 4.37. The van der Waals surface area contributed by atoms with Crippen LogP contribution in [0, 0.1) is 0 Å². The van der Waals surface area contributed by atoms with Gasteiger partial charge in [0, 0.05) is 0 Å². The van der Waals surface area contributed by atoms with Gasteiger partial charge in [-0.3, -0.25) is 0 Å². The molecule has 1 aliphatic rings. The molecule has 0 amide bonds. The molecule has 0 aromatic heterocycles. The van der Waals surface area contributed by atoms with Crippen molar-refractivity contribution in [1.82, 2.24) is 0 Å². The summed E-state index contributed by atoms with van der Waals surface area (Å²) in [6, 6.07) is 16.5. The van der Waals surface area contributed by atoms with Crippen molar-refractivity contribution in [3.63, 3.8) is 0 Å². The molecule has 0 bridgehead atoms. The smallest absolute Gasteiger partial charge is 0.130 e. The fraction of sp³-hybridized carbons (Fsp3) is 0.238. The van der Waals surface area contributed by atoms with Gasteiger partial charge in [-0.2, -0.15) is 0 Å². The van der Waals surface area contributed by atoms with Gasteiger partial charge >= 0.3 is 0 Å². The summed E-state index contributed by atoms with van der Waals surface area (Å²) >= 11 is 0. The molecule has 0 radical (unpaired) electrons. The van der Waals surface area contributed by atoms with Crippen LogP contribution in [0.4, 0.5) is 0 Å². The van der Waals surface area contributed by atoms with Gasteiger partial charge in [0.05, 0.1) is 19.8 Å². The highest BCUT2D eigenvalue weighted by atomic mass is 16.5. The second kappa shape index (κ2) is 6.33. The molecule has 0 fully saturated rings. The molecule has 2 heteroatoms. The lowest BCUT2D eigenvalue weighted by molar-refractivity contribution is 0.392. The Morgan fingerprint density at radius 3 is 1.83 bits per heavy atom. The van der Waals surface area contributed by atoms with E-state index in [1.54, 1.807) is 14.2 Å². The van der Waals surface area contributed by atoms with E-state index in [0.29, 0.717) is 0 Å². The summed E-state index contributed by atoms with van der Waals surface area (Å²) in [7, 11) is 3.42. The average molecular weight is 306 g/mol. The van der Waals surface area contributed by atoms with Crippen molar-refractivity contribution in [2.45, 2.75) is 20.3 Å². The first kappa shape index (κ1) is 15.4. The molecule has 23 heavy (non-hydrogen) atoms. The van der Waals surface area contributed by atoms with E-state index in [4.69, 9.17) is 9.47 Å². The molecule has 2 nitrogen and oxygen atoms in total. The molecule has 1 aliphatic carbocycles. The van der Waals surface area contributed by atoms with Crippen LogP contribution in [0.5, 0.6) is 11.5 Å². The Hall–Kier alpha value is -2.48. The minimum atomic E-state index is 0.849. The average Bonchev–Trinajstić information content (AvgIpc) is 2.88. The van der Waals surface area contributed by atoms with Crippen molar-refractivity contribution in [1.29, 1.82) is 0 Å². The molecule has 0 spiro atoms. The predicted octanol–water partition coefficient (Wildman–Crippen LogP) is 5.35. The van der Waals surface area contributed by atoms with Crippen LogP contribution in [0.15, 0.2) is 59.7 Å². The number of benzene rings is 2. The molecular formula is C21H22O2. The maximum absolute atomic E-state index is 5.63. The van der Waals surface area contributed by atoms with Crippen LogP contribution in [0.1, 0.15) is 31.4 Å². The van der Waals surface area contributed by atoms with Crippen LogP contribution in [-0.2, 0) is 0 Å². The fourth-order valence-corrected chi connectivity index (χ4v) is 3.43. The van der Waals surface area contributed by atoms with Gasteiger partial charge < -0.3 is 9.47 Å². The van der Waals surface area contributed by atoms with Crippen molar-refractivity contribution in [2.24, 2.45) is 0 Å². The summed E-state index contributed by atoms with van der Waals surface area (Å²) < 4.78 is 11.3. The predicted molar refractivity (Wildman–Crippen MR) is 95.8 cm³/mol. The third kappa shape index (κ3) is 2.65. The summed E-state index contributed by atoms with van der Waals surface area (Å²) in [5, 5.41) is 0. The monoisotopic (exact) mass is 306 g/mol. The molecule has 3 rings (SSSR count). The first-order chi connectivity index (χ1) is 11.2. The second-order valence-electron chi connectivity index (χ2n) is 5.89. The highest BCUT2D eigenvalue weighted by molar-refractivity contribution is 6.11. The Morgan fingerprint density at radius 2 is 1.26 bits per heavy atom. The number of hydrogen-bond acceptors (Lipinski definition) is 2. The first-order valence-corrected chi connectivity index (χ1v) is 7.84. The van der Waals surface area contributed by atoms with Crippen molar-refractivity contribution in [3.05, 3.63) is 70.8 Å². The van der Waals surface area contributed by atoms with Crippen molar-refractivity contribution in [2.75, 3.05) is 14.2 Å². The van der Waals surface area contributed by atoms with E-state index in [2.05, 4.69) is 38.1 Å². The number of rotatable bonds is 4. The van der Waals surface area contributed by atoms with Crippen LogP contribution in [-0.4, -0.2) is 14.2 Å². The Morgan fingerprint density at radius 1 is 0.696 bits per heavy atom. The van der Waals surface area contributed by atoms with Crippen LogP contribution in [0.25, 0.3) is 11.1 Å². The summed E-state index contributed by atoms with van der Waals surface area (Å²) in [6.45, 7) is 4.40. The van der Waals surface area contributed by atoms with E-state index in [9.17, 15) is 0 Å². The van der Waals surface area contributed by atoms with Gasteiger partial charge in [-0.15, -0.1) is 0 Å². The first-order valence-electron chi connectivity index (χ1n) is 7.84. The van der Waals surface area contributed by atoms with Gasteiger partial charge in [0.1, 0.15) is 11.5 Å². The number of methoxy groups -OCH3 is 2. The van der Waals surface area contributed by atoms with Crippen molar-refractivity contribution < 1.29 is 9.47 Å². The van der Waals surface area contributed by atoms with Gasteiger partial charge in [0.15, 0.2) is 0 Å². The molecule has 0 saturated carbocycles. The highest BCUT2D eigenvalue weighted by Crippen LogP contribution is 2.49. The zero-order valence-electron chi connectivity index (χ0n) is 14.1. The standard InChI is InChI=1S/C21H22O2/c1-14-13-15(2)20(19(14)16-9-6-5-7-10-16)21-17(22-3)11-8-12-18(21)23-4/h5-12H,13H2,1-4H3. The summed E-state index contributed by atoms with van der Waals surface area (Å²) in [5.41, 5.74) is 7.56. The number of hydrogen-bond donors (Lipinski definition) is 0. The lowest BCUT2D eigenvalue weighted by Gasteiger charge is -2.18. The van der Waals surface area contributed by atoms with Gasteiger partial charge in [-0.25, -0.2) is 0 Å². The zero-order valence-corrected chi connectivity index (χ0v) is 14.1. The lowest BCUT2D eigenvalue weighted by atomic mass is 9.91. The molecule has 0 atom stereocenters. The van der Waals surface area contributed by atoms with Gasteiger partial charge in [0.25, 0.3) is 0 Å². The summed E-state index contributed by atoms with van der Waals surface area (Å²) in [6.07, 6.45) is 0.987. The Labute approximate surface area is 138 Å². The fourth-order valence-electron chi connectivity index (χ4n) is 3.43. The highest BCUT2D eigenvalue weighted by Gasteiger charge is 2.26. The summed E-state index contributed by atoms with van der Waals surface area (Å²) in [5.74, 6) is 1.70. The van der Waals surface area contributed by atoms with Crippen LogP contribution >= 0.6 is 0 Å². The topological polar surface area (TPSA) is 18.5 Å². The SMILES string of the molecule is COc1cccc(OC)c1C1=C(C)CC(C)=C1c1ccccc1. The van der Waals surface area contributed by atoms with Crippen LogP contribution in [0.2, 0.25) is 0 Å². The van der Waals surface area contributed by atoms with E-state index in [0.717, 1.165) is 23.5 Å². The Balaban J connectivity index is 2.25. The molecular weight excluding hydrogens is 284 g/mol. The van der Waals surface area contributed by atoms with Crippen LogP contribution < -0.4 is 9.47 Å². The van der Waals surface area contributed by atoms with E-state index < -0.39 is 0 Å². The lowest BCUT2D eigenvalue weighted by Crippen LogP contribution is -1.98. The number of ether oxygens (including phenoxy) is 2. The van der Waals surface area contributed by atoms with Gasteiger partial charge in [0.2, 0.25) is 0 Å². The normalized spacial score (nSPS) is 14.4. The Bertz CT molecular complexity index is 760. The van der Waals surface area contributed by atoms with Crippen molar-refractivity contribution >= 4 is 11.1 Å². The quantitative estimate of drug-likeness (QED) is 0.757. The van der Waals surface area contributed by atoms with Gasteiger partial charge in [-0.05, 0) is 49.1 Å². The molecule has 2 aromatic rings.